The van der Waals surface area contributed by atoms with Gasteiger partial charge in [0.2, 0.25) is 0 Å². The van der Waals surface area contributed by atoms with E-state index >= 15 is 0 Å². The first-order chi connectivity index (χ1) is 6.87. The van der Waals surface area contributed by atoms with Gasteiger partial charge in [-0.25, -0.2) is 0 Å². The Bertz CT molecular complexity index is 183. The van der Waals surface area contributed by atoms with E-state index in [4.69, 9.17) is 4.74 Å². The molecule has 1 N–H and O–H groups in total. The minimum absolute atomic E-state index is 0.0331. The summed E-state index contributed by atoms with van der Waals surface area (Å²) in [5.74, 6) is 0.694. The van der Waals surface area contributed by atoms with Crippen LogP contribution in [0.5, 0.6) is 0 Å². The van der Waals surface area contributed by atoms with E-state index in [2.05, 4.69) is 32.7 Å². The van der Waals surface area contributed by atoms with Crippen molar-refractivity contribution in [1.29, 1.82) is 0 Å². The second kappa shape index (κ2) is 5.28. The summed E-state index contributed by atoms with van der Waals surface area (Å²) in [5.41, 5.74) is -0.0342. The van der Waals surface area contributed by atoms with Crippen LogP contribution in [0.15, 0.2) is 0 Å². The molecule has 0 aromatic carbocycles. The third-order valence-corrected chi connectivity index (χ3v) is 2.79. The fraction of sp³-hybridized carbons (Fsp3) is 1.00. The average molecular weight is 215 g/mol. The molecule has 0 aliphatic heterocycles. The zero-order chi connectivity index (χ0) is 11.5. The lowest BCUT2D eigenvalue weighted by atomic mass is 9.82. The predicted molar refractivity (Wildman–Crippen MR) is 61.9 cm³/mol. The van der Waals surface area contributed by atoms with Crippen molar-refractivity contribution in [3.05, 3.63) is 0 Å². The van der Waals surface area contributed by atoms with Crippen LogP contribution in [-0.4, -0.2) is 48.5 Å². The largest absolute Gasteiger partial charge is 0.393 e. The van der Waals surface area contributed by atoms with Gasteiger partial charge in [0, 0.05) is 13.1 Å². The maximum Gasteiger partial charge on any atom is 0.0600 e. The lowest BCUT2D eigenvalue weighted by Gasteiger charge is -2.34. The van der Waals surface area contributed by atoms with Crippen LogP contribution >= 0.6 is 0 Å². The van der Waals surface area contributed by atoms with Gasteiger partial charge in [0.25, 0.3) is 0 Å². The molecule has 3 nitrogen and oxygen atoms in total. The molecule has 1 aliphatic carbocycles. The van der Waals surface area contributed by atoms with Crippen molar-refractivity contribution in [2.75, 3.05) is 26.7 Å². The summed E-state index contributed by atoms with van der Waals surface area (Å²) >= 11 is 0. The fourth-order valence-electron chi connectivity index (χ4n) is 1.89. The van der Waals surface area contributed by atoms with E-state index in [1.54, 1.807) is 0 Å². The molecule has 3 heteroatoms. The normalized spacial score (nSPS) is 26.8. The highest BCUT2D eigenvalue weighted by atomic mass is 16.5. The second-order valence-electron chi connectivity index (χ2n) is 5.71. The summed E-state index contributed by atoms with van der Waals surface area (Å²) in [6, 6.07) is 0. The van der Waals surface area contributed by atoms with Gasteiger partial charge >= 0.3 is 0 Å². The summed E-state index contributed by atoms with van der Waals surface area (Å²) in [6.07, 6.45) is 1.92. The van der Waals surface area contributed by atoms with Crippen molar-refractivity contribution >= 4 is 0 Å². The van der Waals surface area contributed by atoms with Crippen LogP contribution in [0.3, 0.4) is 0 Å². The molecule has 1 saturated carbocycles. The Morgan fingerprint density at radius 3 is 2.40 bits per heavy atom. The van der Waals surface area contributed by atoms with Crippen LogP contribution in [0.25, 0.3) is 0 Å². The molecule has 1 fully saturated rings. The Labute approximate surface area is 93.4 Å². The lowest BCUT2D eigenvalue weighted by Crippen LogP contribution is -2.38. The molecule has 0 amide bonds. The van der Waals surface area contributed by atoms with Crippen molar-refractivity contribution in [2.24, 2.45) is 5.92 Å². The van der Waals surface area contributed by atoms with E-state index in [0.717, 1.165) is 32.5 Å². The molecule has 90 valence electrons. The van der Waals surface area contributed by atoms with Crippen LogP contribution < -0.4 is 0 Å². The zero-order valence-electron chi connectivity index (χ0n) is 10.5. The van der Waals surface area contributed by atoms with Gasteiger partial charge in [-0.05, 0) is 46.6 Å². The lowest BCUT2D eigenvalue weighted by molar-refractivity contribution is -0.0180. The van der Waals surface area contributed by atoms with Gasteiger partial charge in [-0.15, -0.1) is 0 Å². The zero-order valence-corrected chi connectivity index (χ0v) is 10.5. The summed E-state index contributed by atoms with van der Waals surface area (Å²) in [4.78, 5) is 2.29. The van der Waals surface area contributed by atoms with Gasteiger partial charge in [0.05, 0.1) is 18.3 Å². The fourth-order valence-corrected chi connectivity index (χ4v) is 1.89. The van der Waals surface area contributed by atoms with Crippen molar-refractivity contribution in [1.82, 2.24) is 4.90 Å². The third kappa shape index (κ3) is 5.50. The van der Waals surface area contributed by atoms with Crippen molar-refractivity contribution in [3.63, 3.8) is 0 Å². The minimum atomic E-state index is -0.0342. The van der Waals surface area contributed by atoms with Crippen LogP contribution in [0.1, 0.15) is 33.6 Å². The summed E-state index contributed by atoms with van der Waals surface area (Å²) in [6.45, 7) is 9.09. The molecule has 1 aliphatic rings. The average Bonchev–Trinajstić information content (AvgIpc) is 1.98. The van der Waals surface area contributed by atoms with Gasteiger partial charge in [-0.1, -0.05) is 0 Å². The number of hydrogen-bond donors (Lipinski definition) is 1. The topological polar surface area (TPSA) is 32.7 Å². The van der Waals surface area contributed by atoms with E-state index in [1.807, 2.05) is 0 Å². The predicted octanol–water partition coefficient (Wildman–Crippen LogP) is 1.50. The van der Waals surface area contributed by atoms with Crippen molar-refractivity contribution in [2.45, 2.75) is 45.3 Å². The second-order valence-corrected chi connectivity index (χ2v) is 5.71. The molecule has 0 spiro atoms. The molecule has 0 unspecified atom stereocenters. The molecule has 0 radical (unpaired) electrons. The first kappa shape index (κ1) is 12.9. The van der Waals surface area contributed by atoms with E-state index < -0.39 is 0 Å². The number of aliphatic hydroxyl groups is 1. The van der Waals surface area contributed by atoms with Gasteiger partial charge in [0.15, 0.2) is 0 Å². The first-order valence-corrected chi connectivity index (χ1v) is 5.87. The Hall–Kier alpha value is -0.120. The van der Waals surface area contributed by atoms with Crippen LogP contribution in [0.2, 0.25) is 0 Å². The highest BCUT2D eigenvalue weighted by Gasteiger charge is 2.27. The molecule has 0 saturated heterocycles. The molecule has 0 aromatic heterocycles. The molecule has 0 atom stereocenters. The Morgan fingerprint density at radius 1 is 1.33 bits per heavy atom. The maximum atomic E-state index is 9.17. The van der Waals surface area contributed by atoms with Gasteiger partial charge < -0.3 is 14.7 Å². The maximum absolute atomic E-state index is 9.17. The molecule has 1 rings (SSSR count). The van der Waals surface area contributed by atoms with Crippen LogP contribution in [-0.2, 0) is 4.74 Å². The number of aliphatic hydroxyl groups excluding tert-OH is 1. The van der Waals surface area contributed by atoms with Gasteiger partial charge in [0.1, 0.15) is 0 Å². The highest BCUT2D eigenvalue weighted by molar-refractivity contribution is 4.80. The molecule has 0 aromatic rings. The standard InChI is InChI=1S/C12H25NO2/c1-12(2,3)15-6-5-13(4)9-10-7-11(14)8-10/h10-11,14H,5-9H2,1-4H3. The number of ether oxygens (including phenoxy) is 1. The third-order valence-electron chi connectivity index (χ3n) is 2.79. The van der Waals surface area contributed by atoms with E-state index in [-0.39, 0.29) is 11.7 Å². The number of nitrogens with zero attached hydrogens (tertiary/aromatic N) is 1. The number of hydrogen-bond acceptors (Lipinski definition) is 3. The highest BCUT2D eigenvalue weighted by Crippen LogP contribution is 2.27. The quantitative estimate of drug-likeness (QED) is 0.754. The first-order valence-electron chi connectivity index (χ1n) is 5.87. The SMILES string of the molecule is CN(CCOC(C)(C)C)CC1CC(O)C1. The number of likely N-dealkylation sites (N-methyl/N-ethyl adjacent to an activating group) is 1. The summed E-state index contributed by atoms with van der Waals surface area (Å²) in [5, 5.41) is 9.17. The van der Waals surface area contributed by atoms with Crippen molar-refractivity contribution in [3.8, 4) is 0 Å². The number of rotatable bonds is 5. The van der Waals surface area contributed by atoms with E-state index in [0.29, 0.717) is 5.92 Å². The molecule has 0 bridgehead atoms. The van der Waals surface area contributed by atoms with Gasteiger partial charge in [-0.2, -0.15) is 0 Å². The molecular weight excluding hydrogens is 190 g/mol. The summed E-state index contributed by atoms with van der Waals surface area (Å²) in [7, 11) is 2.12. The Morgan fingerprint density at radius 2 is 1.93 bits per heavy atom. The van der Waals surface area contributed by atoms with Crippen LogP contribution in [0.4, 0.5) is 0 Å². The van der Waals surface area contributed by atoms with Crippen molar-refractivity contribution < 1.29 is 9.84 Å². The Balaban J connectivity index is 2.01. The molecular formula is C12H25NO2. The van der Waals surface area contributed by atoms with Gasteiger partial charge in [-0.3, -0.25) is 0 Å². The minimum Gasteiger partial charge on any atom is -0.393 e. The smallest absolute Gasteiger partial charge is 0.0600 e. The monoisotopic (exact) mass is 215 g/mol. The van der Waals surface area contributed by atoms with E-state index in [9.17, 15) is 5.11 Å². The van der Waals surface area contributed by atoms with Crippen LogP contribution in [0, 0.1) is 5.92 Å². The molecule has 15 heavy (non-hydrogen) atoms. The summed E-state index contributed by atoms with van der Waals surface area (Å²) < 4.78 is 5.66. The molecule has 0 heterocycles. The Kier molecular flexibility index (Phi) is 4.56. The van der Waals surface area contributed by atoms with E-state index in [1.165, 1.54) is 0 Å².